The van der Waals surface area contributed by atoms with Crippen molar-refractivity contribution >= 4 is 5.91 Å². The Kier molecular flexibility index (Phi) is 3.89. The lowest BCUT2D eigenvalue weighted by Gasteiger charge is -2.36. The Hall–Kier alpha value is -1.55. The summed E-state index contributed by atoms with van der Waals surface area (Å²) in [6, 6.07) is 7.22. The molecule has 0 aromatic heterocycles. The molecule has 4 nitrogen and oxygen atoms in total. The Morgan fingerprint density at radius 2 is 1.95 bits per heavy atom. The minimum atomic E-state index is 0.0281. The van der Waals surface area contributed by atoms with Crippen molar-refractivity contribution in [1.29, 1.82) is 0 Å². The van der Waals surface area contributed by atoms with Crippen molar-refractivity contribution in [3.63, 3.8) is 0 Å². The first-order chi connectivity index (χ1) is 10.1. The second kappa shape index (κ2) is 5.68. The summed E-state index contributed by atoms with van der Waals surface area (Å²) < 4.78 is 5.30. The number of carbonyl (C=O) groups excluding carboxylic acids is 1. The van der Waals surface area contributed by atoms with Gasteiger partial charge in [0, 0.05) is 29.3 Å². The third-order valence-electron chi connectivity index (χ3n) is 5.18. The molecular weight excluding hydrogens is 264 g/mol. The number of rotatable bonds is 3. The molecule has 2 bridgehead atoms. The van der Waals surface area contributed by atoms with E-state index >= 15 is 0 Å². The summed E-state index contributed by atoms with van der Waals surface area (Å²) in [4.78, 5) is 15.0. The van der Waals surface area contributed by atoms with E-state index in [0.29, 0.717) is 18.1 Å². The Balaban J connectivity index is 1.70. The maximum Gasteiger partial charge on any atom is 0.251 e. The molecule has 2 aliphatic rings. The molecule has 0 saturated carbocycles. The first-order valence-electron chi connectivity index (χ1n) is 7.76. The average Bonchev–Trinajstić information content (AvgIpc) is 2.70. The lowest BCUT2D eigenvalue weighted by atomic mass is 9.97. The van der Waals surface area contributed by atoms with Crippen molar-refractivity contribution in [3.05, 3.63) is 29.3 Å². The van der Waals surface area contributed by atoms with E-state index in [9.17, 15) is 4.79 Å². The van der Waals surface area contributed by atoms with E-state index < -0.39 is 0 Å². The van der Waals surface area contributed by atoms with Gasteiger partial charge in [-0.25, -0.2) is 0 Å². The molecule has 1 aromatic rings. The number of piperidine rings is 1. The molecule has 3 rings (SSSR count). The molecule has 4 heteroatoms. The summed E-state index contributed by atoms with van der Waals surface area (Å²) in [6.45, 7) is 1.94. The van der Waals surface area contributed by atoms with Crippen LogP contribution in [0.2, 0.25) is 0 Å². The van der Waals surface area contributed by atoms with Gasteiger partial charge in [-0.05, 0) is 51.8 Å². The molecule has 2 aliphatic heterocycles. The molecule has 1 aromatic carbocycles. The molecule has 1 amide bonds. The van der Waals surface area contributed by atoms with E-state index in [-0.39, 0.29) is 5.91 Å². The zero-order chi connectivity index (χ0) is 15.0. The highest BCUT2D eigenvalue weighted by Gasteiger charge is 2.38. The fourth-order valence-electron chi connectivity index (χ4n) is 3.87. The number of amides is 1. The monoisotopic (exact) mass is 288 g/mol. The fraction of sp³-hybridized carbons (Fsp3) is 0.588. The summed E-state index contributed by atoms with van der Waals surface area (Å²) in [6.07, 6.45) is 4.68. The van der Waals surface area contributed by atoms with Gasteiger partial charge in [0.15, 0.2) is 0 Å². The van der Waals surface area contributed by atoms with Gasteiger partial charge in [-0.15, -0.1) is 0 Å². The van der Waals surface area contributed by atoms with Crippen molar-refractivity contribution < 1.29 is 9.53 Å². The zero-order valence-corrected chi connectivity index (χ0v) is 13.1. The van der Waals surface area contributed by atoms with Crippen LogP contribution in [-0.4, -0.2) is 43.1 Å². The molecule has 21 heavy (non-hydrogen) atoms. The van der Waals surface area contributed by atoms with Crippen LogP contribution in [0.3, 0.4) is 0 Å². The second-order valence-electron chi connectivity index (χ2n) is 6.33. The van der Waals surface area contributed by atoms with Crippen LogP contribution in [0.5, 0.6) is 5.75 Å². The molecule has 0 spiro atoms. The van der Waals surface area contributed by atoms with Gasteiger partial charge < -0.3 is 15.0 Å². The number of hydrogen-bond donors (Lipinski definition) is 1. The van der Waals surface area contributed by atoms with Crippen LogP contribution < -0.4 is 10.1 Å². The van der Waals surface area contributed by atoms with Crippen molar-refractivity contribution in [3.8, 4) is 5.75 Å². The molecule has 2 unspecified atom stereocenters. The standard InChI is InChI=1S/C17H24N2O2/c1-11-15(5-4-6-16(11)21-3)17(20)18-12-9-13-7-8-14(10-12)19(13)2/h4-6,12-14H,7-10H2,1-3H3,(H,18,20). The predicted octanol–water partition coefficient (Wildman–Crippen LogP) is 2.36. The van der Waals surface area contributed by atoms with Crippen molar-refractivity contribution in [1.82, 2.24) is 10.2 Å². The number of benzene rings is 1. The van der Waals surface area contributed by atoms with E-state index in [2.05, 4.69) is 17.3 Å². The number of hydrogen-bond acceptors (Lipinski definition) is 3. The quantitative estimate of drug-likeness (QED) is 0.928. The summed E-state index contributed by atoms with van der Waals surface area (Å²) in [5.41, 5.74) is 1.63. The number of carbonyl (C=O) groups is 1. The van der Waals surface area contributed by atoms with Gasteiger partial charge in [0.25, 0.3) is 5.91 Å². The smallest absolute Gasteiger partial charge is 0.251 e. The lowest BCUT2D eigenvalue weighted by Crippen LogP contribution is -2.48. The fourth-order valence-corrected chi connectivity index (χ4v) is 3.87. The van der Waals surface area contributed by atoms with Crippen LogP contribution in [0.25, 0.3) is 0 Å². The summed E-state index contributed by atoms with van der Waals surface area (Å²) in [7, 11) is 3.85. The normalized spacial score (nSPS) is 28.4. The van der Waals surface area contributed by atoms with E-state index in [4.69, 9.17) is 4.74 Å². The van der Waals surface area contributed by atoms with E-state index in [0.717, 1.165) is 29.7 Å². The molecular formula is C17H24N2O2. The Morgan fingerprint density at radius 1 is 1.29 bits per heavy atom. The van der Waals surface area contributed by atoms with Crippen LogP contribution >= 0.6 is 0 Å². The van der Waals surface area contributed by atoms with E-state index in [1.807, 2.05) is 25.1 Å². The van der Waals surface area contributed by atoms with Crippen LogP contribution in [0.1, 0.15) is 41.6 Å². The van der Waals surface area contributed by atoms with E-state index in [1.165, 1.54) is 12.8 Å². The molecule has 114 valence electrons. The first-order valence-corrected chi connectivity index (χ1v) is 7.76. The Labute approximate surface area is 126 Å². The van der Waals surface area contributed by atoms with Crippen LogP contribution in [-0.2, 0) is 0 Å². The predicted molar refractivity (Wildman–Crippen MR) is 82.8 cm³/mol. The molecule has 0 radical (unpaired) electrons. The molecule has 2 heterocycles. The van der Waals surface area contributed by atoms with Gasteiger partial charge in [0.05, 0.1) is 7.11 Å². The van der Waals surface area contributed by atoms with Crippen molar-refractivity contribution in [2.75, 3.05) is 14.2 Å². The van der Waals surface area contributed by atoms with Crippen LogP contribution in [0.15, 0.2) is 18.2 Å². The SMILES string of the molecule is COc1cccc(C(=O)NC2CC3CCC(C2)N3C)c1C. The molecule has 2 atom stereocenters. The number of fused-ring (bicyclic) bond motifs is 2. The first kappa shape index (κ1) is 14.4. The van der Waals surface area contributed by atoms with Crippen LogP contribution in [0.4, 0.5) is 0 Å². The number of nitrogens with one attached hydrogen (secondary N) is 1. The Morgan fingerprint density at radius 3 is 2.57 bits per heavy atom. The molecule has 2 fully saturated rings. The molecule has 0 aliphatic carbocycles. The van der Waals surface area contributed by atoms with Crippen LogP contribution in [0, 0.1) is 6.92 Å². The number of methoxy groups -OCH3 is 1. The van der Waals surface area contributed by atoms with Gasteiger partial charge in [0.2, 0.25) is 0 Å². The summed E-state index contributed by atoms with van der Waals surface area (Å²) in [5, 5.41) is 3.23. The number of nitrogens with zero attached hydrogens (tertiary/aromatic N) is 1. The highest BCUT2D eigenvalue weighted by molar-refractivity contribution is 5.96. The van der Waals surface area contributed by atoms with E-state index in [1.54, 1.807) is 7.11 Å². The van der Waals surface area contributed by atoms with Crippen molar-refractivity contribution in [2.24, 2.45) is 0 Å². The van der Waals surface area contributed by atoms with Gasteiger partial charge in [-0.1, -0.05) is 6.07 Å². The van der Waals surface area contributed by atoms with Gasteiger partial charge >= 0.3 is 0 Å². The topological polar surface area (TPSA) is 41.6 Å². The van der Waals surface area contributed by atoms with Gasteiger partial charge in [-0.2, -0.15) is 0 Å². The third kappa shape index (κ3) is 2.64. The average molecular weight is 288 g/mol. The molecule has 1 N–H and O–H groups in total. The Bertz CT molecular complexity index is 530. The largest absolute Gasteiger partial charge is 0.496 e. The van der Waals surface area contributed by atoms with Crippen molar-refractivity contribution in [2.45, 2.75) is 50.7 Å². The highest BCUT2D eigenvalue weighted by Crippen LogP contribution is 2.34. The van der Waals surface area contributed by atoms with Gasteiger partial charge in [0.1, 0.15) is 5.75 Å². The third-order valence-corrected chi connectivity index (χ3v) is 5.18. The second-order valence-corrected chi connectivity index (χ2v) is 6.33. The highest BCUT2D eigenvalue weighted by atomic mass is 16.5. The molecule has 2 saturated heterocycles. The maximum atomic E-state index is 12.5. The minimum Gasteiger partial charge on any atom is -0.496 e. The lowest BCUT2D eigenvalue weighted by molar-refractivity contribution is 0.0881. The van der Waals surface area contributed by atoms with Gasteiger partial charge in [-0.3, -0.25) is 4.79 Å². The zero-order valence-electron chi connectivity index (χ0n) is 13.1. The maximum absolute atomic E-state index is 12.5. The summed E-state index contributed by atoms with van der Waals surface area (Å²) >= 11 is 0. The minimum absolute atomic E-state index is 0.0281. The number of ether oxygens (including phenoxy) is 1. The summed E-state index contributed by atoms with van der Waals surface area (Å²) in [5.74, 6) is 0.798.